The molecule has 1 atom stereocenters. The summed E-state index contributed by atoms with van der Waals surface area (Å²) in [6.45, 7) is 1.86. The van der Waals surface area contributed by atoms with Crippen molar-refractivity contribution in [3.05, 3.63) is 35.4 Å². The highest BCUT2D eigenvalue weighted by molar-refractivity contribution is 8.13. The predicted molar refractivity (Wildman–Crippen MR) is 59.3 cm³/mol. The number of aryl methyl sites for hydroxylation is 1. The summed E-state index contributed by atoms with van der Waals surface area (Å²) in [5.41, 5.74) is 1.44. The van der Waals surface area contributed by atoms with Crippen LogP contribution in [-0.2, 0) is 9.05 Å². The summed E-state index contributed by atoms with van der Waals surface area (Å²) in [6, 6.07) is 6.94. The second-order valence-corrected chi connectivity index (χ2v) is 6.31. The van der Waals surface area contributed by atoms with Gasteiger partial charge in [-0.2, -0.15) is 0 Å². The molecule has 0 bridgehead atoms. The van der Waals surface area contributed by atoms with Gasteiger partial charge in [0.05, 0.1) is 5.75 Å². The number of alkyl halides is 1. The molecule has 0 saturated carbocycles. The minimum atomic E-state index is -3.61. The zero-order chi connectivity index (χ0) is 11.5. The van der Waals surface area contributed by atoms with Gasteiger partial charge in [-0.15, -0.1) is 0 Å². The highest BCUT2D eigenvalue weighted by atomic mass is 35.7. The van der Waals surface area contributed by atoms with Gasteiger partial charge in [-0.25, -0.2) is 12.8 Å². The average molecular weight is 251 g/mol. The van der Waals surface area contributed by atoms with Gasteiger partial charge in [-0.05, 0) is 18.9 Å². The molecule has 0 amide bonds. The Morgan fingerprint density at radius 2 is 2.13 bits per heavy atom. The lowest BCUT2D eigenvalue weighted by Crippen LogP contribution is -2.02. The molecule has 0 N–H and O–H groups in total. The third-order valence-electron chi connectivity index (χ3n) is 2.02. The van der Waals surface area contributed by atoms with E-state index in [-0.39, 0.29) is 12.2 Å². The maximum absolute atomic E-state index is 13.5. The molecule has 0 fully saturated rings. The summed E-state index contributed by atoms with van der Waals surface area (Å²) in [5.74, 6) is -0.344. The van der Waals surface area contributed by atoms with Gasteiger partial charge in [0, 0.05) is 10.7 Å². The Balaban J connectivity index is 2.65. The largest absolute Gasteiger partial charge is 0.242 e. The van der Waals surface area contributed by atoms with Crippen molar-refractivity contribution in [1.82, 2.24) is 0 Å². The first-order valence-electron chi connectivity index (χ1n) is 4.51. The van der Waals surface area contributed by atoms with Crippen LogP contribution in [0.1, 0.15) is 23.7 Å². The third-order valence-corrected chi connectivity index (χ3v) is 3.21. The standard InChI is InChI=1S/C10H12ClFO2S/c1-8-3-2-4-9(7-8)10(12)5-6-15(11,13)14/h2-4,7,10H,5-6H2,1H3. The number of rotatable bonds is 4. The van der Waals surface area contributed by atoms with Crippen LogP contribution in [0.4, 0.5) is 4.39 Å². The van der Waals surface area contributed by atoms with E-state index >= 15 is 0 Å². The monoisotopic (exact) mass is 250 g/mol. The first-order chi connectivity index (χ1) is 6.88. The van der Waals surface area contributed by atoms with Gasteiger partial charge in [-0.3, -0.25) is 0 Å². The SMILES string of the molecule is Cc1cccc(C(F)CCS(=O)(=O)Cl)c1. The van der Waals surface area contributed by atoms with Gasteiger partial charge in [0.15, 0.2) is 0 Å². The number of benzene rings is 1. The quantitative estimate of drug-likeness (QED) is 0.770. The van der Waals surface area contributed by atoms with E-state index in [9.17, 15) is 12.8 Å². The van der Waals surface area contributed by atoms with Gasteiger partial charge in [0.1, 0.15) is 6.17 Å². The van der Waals surface area contributed by atoms with Crippen molar-refractivity contribution in [2.75, 3.05) is 5.75 Å². The van der Waals surface area contributed by atoms with Crippen LogP contribution in [0.15, 0.2) is 24.3 Å². The van der Waals surface area contributed by atoms with E-state index in [0.717, 1.165) is 5.56 Å². The molecule has 0 radical (unpaired) electrons. The van der Waals surface area contributed by atoms with Crippen molar-refractivity contribution in [2.45, 2.75) is 19.5 Å². The van der Waals surface area contributed by atoms with Crippen molar-refractivity contribution in [2.24, 2.45) is 0 Å². The molecule has 0 aliphatic rings. The molecule has 1 aromatic rings. The average Bonchev–Trinajstić information content (AvgIpc) is 2.13. The van der Waals surface area contributed by atoms with Crippen LogP contribution in [0.25, 0.3) is 0 Å². The molecule has 1 unspecified atom stereocenters. The first kappa shape index (κ1) is 12.5. The minimum absolute atomic E-state index is 0.102. The second kappa shape index (κ2) is 4.94. The van der Waals surface area contributed by atoms with E-state index in [1.807, 2.05) is 13.0 Å². The minimum Gasteiger partial charge on any atom is -0.242 e. The van der Waals surface area contributed by atoms with E-state index in [0.29, 0.717) is 5.56 Å². The maximum atomic E-state index is 13.5. The van der Waals surface area contributed by atoms with Crippen LogP contribution < -0.4 is 0 Å². The van der Waals surface area contributed by atoms with Gasteiger partial charge in [0.25, 0.3) is 0 Å². The van der Waals surface area contributed by atoms with Crippen molar-refractivity contribution in [3.63, 3.8) is 0 Å². The summed E-state index contributed by atoms with van der Waals surface area (Å²) < 4.78 is 34.8. The summed E-state index contributed by atoms with van der Waals surface area (Å²) in [7, 11) is 1.40. The van der Waals surface area contributed by atoms with Gasteiger partial charge < -0.3 is 0 Å². The smallest absolute Gasteiger partial charge is 0.232 e. The van der Waals surface area contributed by atoms with Crippen LogP contribution in [0.2, 0.25) is 0 Å². The lowest BCUT2D eigenvalue weighted by molar-refractivity contribution is 0.335. The highest BCUT2D eigenvalue weighted by Gasteiger charge is 2.14. The molecule has 15 heavy (non-hydrogen) atoms. The van der Waals surface area contributed by atoms with E-state index in [2.05, 4.69) is 0 Å². The molecule has 2 nitrogen and oxygen atoms in total. The van der Waals surface area contributed by atoms with E-state index in [1.54, 1.807) is 18.2 Å². The topological polar surface area (TPSA) is 34.1 Å². The zero-order valence-corrected chi connectivity index (χ0v) is 9.85. The molecular formula is C10H12ClFO2S. The number of hydrogen-bond acceptors (Lipinski definition) is 2. The fourth-order valence-electron chi connectivity index (χ4n) is 1.28. The summed E-state index contributed by atoms with van der Waals surface area (Å²) in [4.78, 5) is 0. The highest BCUT2D eigenvalue weighted by Crippen LogP contribution is 2.23. The second-order valence-electron chi connectivity index (χ2n) is 3.41. The summed E-state index contributed by atoms with van der Waals surface area (Å²) in [5, 5.41) is 0. The molecular weight excluding hydrogens is 239 g/mol. The Bertz CT molecular complexity index is 431. The molecule has 0 saturated heterocycles. The van der Waals surface area contributed by atoms with Crippen molar-refractivity contribution >= 4 is 19.7 Å². The number of halogens is 2. The predicted octanol–water partition coefficient (Wildman–Crippen LogP) is 2.96. The molecule has 5 heteroatoms. The Hall–Kier alpha value is -0.610. The molecule has 84 valence electrons. The number of hydrogen-bond donors (Lipinski definition) is 0. The molecule has 1 aromatic carbocycles. The summed E-state index contributed by atoms with van der Waals surface area (Å²) >= 11 is 0. The molecule has 0 aromatic heterocycles. The normalized spacial score (nSPS) is 13.8. The summed E-state index contributed by atoms with van der Waals surface area (Å²) in [6.07, 6.45) is -1.38. The van der Waals surface area contributed by atoms with E-state index < -0.39 is 15.2 Å². The molecule has 0 aliphatic carbocycles. The molecule has 0 spiro atoms. The van der Waals surface area contributed by atoms with Crippen molar-refractivity contribution < 1.29 is 12.8 Å². The first-order valence-corrected chi connectivity index (χ1v) is 6.99. The molecule has 1 rings (SSSR count). The Morgan fingerprint density at radius 3 is 2.67 bits per heavy atom. The fraction of sp³-hybridized carbons (Fsp3) is 0.400. The zero-order valence-electron chi connectivity index (χ0n) is 8.28. The maximum Gasteiger partial charge on any atom is 0.232 e. The van der Waals surface area contributed by atoms with Crippen LogP contribution in [0, 0.1) is 6.92 Å². The lowest BCUT2D eigenvalue weighted by Gasteiger charge is -2.07. The Morgan fingerprint density at radius 1 is 1.47 bits per heavy atom. The van der Waals surface area contributed by atoms with E-state index in [1.165, 1.54) is 0 Å². The van der Waals surface area contributed by atoms with E-state index in [4.69, 9.17) is 10.7 Å². The fourth-order valence-corrected chi connectivity index (χ4v) is 2.03. The molecule has 0 heterocycles. The van der Waals surface area contributed by atoms with Gasteiger partial charge in [0.2, 0.25) is 9.05 Å². The lowest BCUT2D eigenvalue weighted by atomic mass is 10.1. The van der Waals surface area contributed by atoms with Crippen LogP contribution in [0.3, 0.4) is 0 Å². The third kappa shape index (κ3) is 4.62. The van der Waals surface area contributed by atoms with Crippen LogP contribution in [-0.4, -0.2) is 14.2 Å². The Kier molecular flexibility index (Phi) is 4.11. The van der Waals surface area contributed by atoms with Crippen molar-refractivity contribution in [3.8, 4) is 0 Å². The van der Waals surface area contributed by atoms with Gasteiger partial charge in [-0.1, -0.05) is 29.8 Å². The van der Waals surface area contributed by atoms with Crippen LogP contribution >= 0.6 is 10.7 Å². The van der Waals surface area contributed by atoms with Crippen LogP contribution in [0.5, 0.6) is 0 Å². The van der Waals surface area contributed by atoms with Crippen molar-refractivity contribution in [1.29, 1.82) is 0 Å². The Labute approximate surface area is 93.5 Å². The molecule has 0 aliphatic heterocycles. The van der Waals surface area contributed by atoms with Gasteiger partial charge >= 0.3 is 0 Å².